The van der Waals surface area contributed by atoms with Crippen molar-refractivity contribution in [2.24, 2.45) is 0 Å². The molecule has 0 aliphatic rings. The predicted octanol–water partition coefficient (Wildman–Crippen LogP) is 6.28. The van der Waals surface area contributed by atoms with E-state index < -0.39 is 16.1 Å². The molecule has 0 heterocycles. The topological polar surface area (TPSA) is 24.1 Å². The summed E-state index contributed by atoms with van der Waals surface area (Å²) in [5.41, 5.74) is 2.45. The van der Waals surface area contributed by atoms with Gasteiger partial charge in [0.2, 0.25) is 0 Å². The van der Waals surface area contributed by atoms with Crippen molar-refractivity contribution in [1.29, 1.82) is 0 Å². The highest BCUT2D eigenvalue weighted by molar-refractivity contribution is 7.74. The first kappa shape index (κ1) is 23.5. The Morgan fingerprint density at radius 2 is 0.771 bits per heavy atom. The van der Waals surface area contributed by atoms with Crippen LogP contribution >= 0.6 is 16.1 Å². The molecule has 0 fully saturated rings. The molecule has 2 nitrogen and oxygen atoms in total. The molecule has 0 saturated heterocycles. The van der Waals surface area contributed by atoms with Gasteiger partial charge in [-0.05, 0) is 22.2 Å². The molecule has 5 rings (SSSR count). The summed E-state index contributed by atoms with van der Waals surface area (Å²) in [5, 5.41) is 13.1. The summed E-state index contributed by atoms with van der Waals surface area (Å²) >= 11 is 0. The lowest BCUT2D eigenvalue weighted by Gasteiger charge is -2.24. The summed E-state index contributed by atoms with van der Waals surface area (Å²) in [5.74, 6) is 0. The Balaban J connectivity index is 1.42. The Bertz CT molecular complexity index is 1230. The second-order valence-corrected chi connectivity index (χ2v) is 12.1. The largest absolute Gasteiger partial charge is 0.357 e. The van der Waals surface area contributed by atoms with Gasteiger partial charge in [-0.2, -0.15) is 0 Å². The lowest BCUT2D eigenvalue weighted by molar-refractivity contribution is 0.971. The van der Waals surface area contributed by atoms with Crippen molar-refractivity contribution in [3.8, 4) is 0 Å². The molecule has 5 aromatic carbocycles. The van der Waals surface area contributed by atoms with E-state index in [4.69, 9.17) is 0 Å². The van der Waals surface area contributed by atoms with Crippen LogP contribution in [0.3, 0.4) is 0 Å². The van der Waals surface area contributed by atoms with Crippen LogP contribution in [0.4, 0.5) is 5.69 Å². The molecule has 0 radical (unpaired) electrons. The van der Waals surface area contributed by atoms with E-state index in [1.165, 1.54) is 32.5 Å². The monoisotopic (exact) mass is 490 g/mol. The van der Waals surface area contributed by atoms with Crippen molar-refractivity contribution in [2.45, 2.75) is 6.54 Å². The summed E-state index contributed by atoms with van der Waals surface area (Å²) in [6.07, 6.45) is 0. The molecule has 0 bridgehead atoms. The van der Waals surface area contributed by atoms with Crippen LogP contribution in [0.2, 0.25) is 0 Å². The van der Waals surface area contributed by atoms with Gasteiger partial charge >= 0.3 is 0 Å². The van der Waals surface area contributed by atoms with Crippen LogP contribution in [0.5, 0.6) is 0 Å². The summed E-state index contributed by atoms with van der Waals surface area (Å²) in [4.78, 5) is 0. The molecule has 0 spiro atoms. The number of para-hydroxylation sites is 1. The second-order valence-electron chi connectivity index (χ2n) is 8.12. The first-order chi connectivity index (χ1) is 17.4. The van der Waals surface area contributed by atoms with Crippen LogP contribution in [0.1, 0.15) is 5.56 Å². The quantitative estimate of drug-likeness (QED) is 0.238. The molecule has 4 heteroatoms. The molecule has 35 heavy (non-hydrogen) atoms. The Labute approximate surface area is 210 Å². The van der Waals surface area contributed by atoms with Crippen LogP contribution in [0, 0.1) is 0 Å². The maximum Gasteiger partial charge on any atom is 0.0522 e. The minimum Gasteiger partial charge on any atom is -0.357 e. The number of benzene rings is 5. The van der Waals surface area contributed by atoms with Crippen LogP contribution < -0.4 is 31.4 Å². The molecular weight excluding hydrogens is 462 g/mol. The Kier molecular flexibility index (Phi) is 7.99. The summed E-state index contributed by atoms with van der Waals surface area (Å²) in [6, 6.07) is 51.7. The normalized spacial score (nSPS) is 11.0. The fourth-order valence-electron chi connectivity index (χ4n) is 3.99. The lowest BCUT2D eigenvalue weighted by Crippen LogP contribution is -2.23. The molecule has 0 aliphatic heterocycles. The first-order valence-electron chi connectivity index (χ1n) is 11.8. The van der Waals surface area contributed by atoms with E-state index in [0.717, 1.165) is 6.54 Å². The van der Waals surface area contributed by atoms with Gasteiger partial charge in [-0.1, -0.05) is 140 Å². The molecule has 0 unspecified atom stereocenters. The molecular formula is C31H28N2P2. The van der Waals surface area contributed by atoms with Crippen LogP contribution in [0.15, 0.2) is 146 Å². The maximum atomic E-state index is 3.92. The van der Waals surface area contributed by atoms with Crippen molar-refractivity contribution >= 4 is 43.1 Å². The molecule has 5 aromatic rings. The fraction of sp³-hybridized carbons (Fsp3) is 0.0323. The van der Waals surface area contributed by atoms with Crippen molar-refractivity contribution in [3.63, 3.8) is 0 Å². The van der Waals surface area contributed by atoms with Crippen molar-refractivity contribution in [2.75, 3.05) is 5.09 Å². The van der Waals surface area contributed by atoms with Crippen molar-refractivity contribution in [3.05, 3.63) is 151 Å². The van der Waals surface area contributed by atoms with Gasteiger partial charge in [-0.15, -0.1) is 0 Å². The average Bonchev–Trinajstić information content (AvgIpc) is 2.94. The minimum atomic E-state index is -0.730. The highest BCUT2D eigenvalue weighted by Crippen LogP contribution is 2.37. The van der Waals surface area contributed by atoms with E-state index in [0.29, 0.717) is 0 Å². The zero-order valence-corrected chi connectivity index (χ0v) is 21.2. The van der Waals surface area contributed by atoms with Crippen LogP contribution in [-0.2, 0) is 6.54 Å². The van der Waals surface area contributed by atoms with E-state index in [2.05, 4.69) is 156 Å². The number of hydrogen-bond donors (Lipinski definition) is 2. The standard InChI is InChI=1S/C31H28N2P2/c1-5-16-27(17-6-1)34(28-18-7-2-8-19-28)32-25-26-15-13-14-24-31(26)33-35(29-20-9-3-10-21-29)30-22-11-4-12-23-30/h1-24,32-33H,25H2. The van der Waals surface area contributed by atoms with Crippen LogP contribution in [0.25, 0.3) is 0 Å². The second kappa shape index (κ2) is 11.9. The number of rotatable bonds is 9. The van der Waals surface area contributed by atoms with E-state index in [1.807, 2.05) is 0 Å². The van der Waals surface area contributed by atoms with Gasteiger partial charge in [-0.25, -0.2) is 0 Å². The maximum absolute atomic E-state index is 3.92. The number of nitrogens with one attached hydrogen (secondary N) is 2. The van der Waals surface area contributed by atoms with Gasteiger partial charge < -0.3 is 5.09 Å². The summed E-state index contributed by atoms with van der Waals surface area (Å²) in [7, 11) is -1.40. The molecule has 0 aromatic heterocycles. The third-order valence-electron chi connectivity index (χ3n) is 5.73. The van der Waals surface area contributed by atoms with Crippen LogP contribution in [-0.4, -0.2) is 0 Å². The Hall–Kier alpha value is -3.28. The summed E-state index contributed by atoms with van der Waals surface area (Å²) < 4.78 is 0. The van der Waals surface area contributed by atoms with Crippen molar-refractivity contribution < 1.29 is 0 Å². The summed E-state index contributed by atoms with van der Waals surface area (Å²) in [6.45, 7) is 0.783. The lowest BCUT2D eigenvalue weighted by atomic mass is 10.2. The molecule has 0 atom stereocenters. The van der Waals surface area contributed by atoms with E-state index in [9.17, 15) is 0 Å². The van der Waals surface area contributed by atoms with E-state index in [-0.39, 0.29) is 0 Å². The molecule has 0 amide bonds. The third kappa shape index (κ3) is 6.05. The Morgan fingerprint density at radius 3 is 1.23 bits per heavy atom. The highest BCUT2D eigenvalue weighted by Gasteiger charge is 2.17. The molecule has 0 saturated carbocycles. The SMILES string of the molecule is c1ccc(P(NCc2ccccc2NP(c2ccccc2)c2ccccc2)c2ccccc2)cc1. The average molecular weight is 491 g/mol. The smallest absolute Gasteiger partial charge is 0.0522 e. The fourth-order valence-corrected chi connectivity index (χ4v) is 7.87. The number of hydrogen-bond acceptors (Lipinski definition) is 2. The molecule has 172 valence electrons. The van der Waals surface area contributed by atoms with Gasteiger partial charge in [0.25, 0.3) is 0 Å². The highest BCUT2D eigenvalue weighted by atomic mass is 31.1. The van der Waals surface area contributed by atoms with E-state index in [1.54, 1.807) is 0 Å². The number of anilines is 1. The van der Waals surface area contributed by atoms with Gasteiger partial charge in [0, 0.05) is 30.9 Å². The zero-order chi connectivity index (χ0) is 23.7. The zero-order valence-electron chi connectivity index (χ0n) is 19.5. The predicted molar refractivity (Wildman–Crippen MR) is 155 cm³/mol. The van der Waals surface area contributed by atoms with Gasteiger partial charge in [0.1, 0.15) is 0 Å². The Morgan fingerprint density at radius 1 is 0.400 bits per heavy atom. The minimum absolute atomic E-state index is 0.667. The van der Waals surface area contributed by atoms with Gasteiger partial charge in [0.05, 0.1) is 8.07 Å². The third-order valence-corrected chi connectivity index (χ3v) is 9.93. The van der Waals surface area contributed by atoms with E-state index >= 15 is 0 Å². The van der Waals surface area contributed by atoms with Gasteiger partial charge in [-0.3, -0.25) is 5.09 Å². The molecule has 2 N–H and O–H groups in total. The first-order valence-corrected chi connectivity index (χ1v) is 14.5. The molecule has 0 aliphatic carbocycles. The van der Waals surface area contributed by atoms with Gasteiger partial charge in [0.15, 0.2) is 0 Å². The van der Waals surface area contributed by atoms with Crippen molar-refractivity contribution in [1.82, 2.24) is 5.09 Å².